The van der Waals surface area contributed by atoms with Crippen molar-refractivity contribution in [2.24, 2.45) is 0 Å². The summed E-state index contributed by atoms with van der Waals surface area (Å²) in [4.78, 5) is 0. The number of anilines is 2. The van der Waals surface area contributed by atoms with Crippen LogP contribution in [-0.4, -0.2) is 0 Å². The Morgan fingerprint density at radius 2 is 1.88 bits per heavy atom. The molecule has 0 saturated carbocycles. The SMILES string of the molecule is Nc1ccc(Br)c(Oc2cccc(Cl)c2)c1N. The Kier molecular flexibility index (Phi) is 3.45. The summed E-state index contributed by atoms with van der Waals surface area (Å²) < 4.78 is 6.41. The molecule has 88 valence electrons. The molecule has 0 aliphatic rings. The third kappa shape index (κ3) is 2.65. The van der Waals surface area contributed by atoms with Gasteiger partial charge in [0.25, 0.3) is 0 Å². The Hall–Kier alpha value is -1.39. The molecule has 0 unspecified atom stereocenters. The molecule has 0 aliphatic heterocycles. The predicted octanol–water partition coefficient (Wildman–Crippen LogP) is 4.06. The van der Waals surface area contributed by atoms with Crippen LogP contribution >= 0.6 is 27.5 Å². The normalized spacial score (nSPS) is 10.2. The first-order valence-corrected chi connectivity index (χ1v) is 6.02. The van der Waals surface area contributed by atoms with Crippen molar-refractivity contribution in [2.45, 2.75) is 0 Å². The smallest absolute Gasteiger partial charge is 0.166 e. The molecule has 0 spiro atoms. The van der Waals surface area contributed by atoms with E-state index in [0.29, 0.717) is 27.9 Å². The zero-order valence-electron chi connectivity index (χ0n) is 8.78. The highest BCUT2D eigenvalue weighted by atomic mass is 79.9. The van der Waals surface area contributed by atoms with E-state index >= 15 is 0 Å². The van der Waals surface area contributed by atoms with Gasteiger partial charge in [0.1, 0.15) is 5.75 Å². The second-order valence-corrected chi connectivity index (χ2v) is 4.73. The fourth-order valence-corrected chi connectivity index (χ4v) is 1.95. The van der Waals surface area contributed by atoms with Gasteiger partial charge >= 0.3 is 0 Å². The van der Waals surface area contributed by atoms with Crippen LogP contribution in [-0.2, 0) is 0 Å². The molecule has 0 aliphatic carbocycles. The molecule has 4 N–H and O–H groups in total. The lowest BCUT2D eigenvalue weighted by atomic mass is 10.2. The number of ether oxygens (including phenoxy) is 1. The quantitative estimate of drug-likeness (QED) is 0.822. The summed E-state index contributed by atoms with van der Waals surface area (Å²) in [5, 5.41) is 0.598. The lowest BCUT2D eigenvalue weighted by molar-refractivity contribution is 0.482. The first kappa shape index (κ1) is 12.1. The summed E-state index contributed by atoms with van der Waals surface area (Å²) in [7, 11) is 0. The monoisotopic (exact) mass is 312 g/mol. The minimum Gasteiger partial charge on any atom is -0.454 e. The van der Waals surface area contributed by atoms with Crippen LogP contribution in [0, 0.1) is 0 Å². The molecule has 0 heterocycles. The third-order valence-electron chi connectivity index (χ3n) is 2.20. The van der Waals surface area contributed by atoms with Crippen molar-refractivity contribution in [2.75, 3.05) is 11.5 Å². The molecule has 5 heteroatoms. The molecular weight excluding hydrogens is 304 g/mol. The average molecular weight is 314 g/mol. The molecule has 2 aromatic carbocycles. The predicted molar refractivity (Wildman–Crippen MR) is 74.5 cm³/mol. The third-order valence-corrected chi connectivity index (χ3v) is 3.06. The van der Waals surface area contributed by atoms with Crippen molar-refractivity contribution in [1.82, 2.24) is 0 Å². The van der Waals surface area contributed by atoms with Crippen LogP contribution in [0.15, 0.2) is 40.9 Å². The Balaban J connectivity index is 2.39. The molecule has 3 nitrogen and oxygen atoms in total. The van der Waals surface area contributed by atoms with Gasteiger partial charge in [-0.25, -0.2) is 0 Å². The van der Waals surface area contributed by atoms with Crippen molar-refractivity contribution in [3.8, 4) is 11.5 Å². The lowest BCUT2D eigenvalue weighted by Crippen LogP contribution is -1.98. The second kappa shape index (κ2) is 4.85. The van der Waals surface area contributed by atoms with E-state index in [1.165, 1.54) is 0 Å². The summed E-state index contributed by atoms with van der Waals surface area (Å²) >= 11 is 9.24. The number of hydrogen-bond acceptors (Lipinski definition) is 3. The van der Waals surface area contributed by atoms with Crippen molar-refractivity contribution in [3.63, 3.8) is 0 Å². The molecule has 0 radical (unpaired) electrons. The van der Waals surface area contributed by atoms with E-state index in [-0.39, 0.29) is 0 Å². The molecular formula is C12H10BrClN2O. The van der Waals surface area contributed by atoms with Gasteiger partial charge in [-0.3, -0.25) is 0 Å². The maximum absolute atomic E-state index is 5.87. The largest absolute Gasteiger partial charge is 0.454 e. The van der Waals surface area contributed by atoms with Crippen LogP contribution in [0.2, 0.25) is 5.02 Å². The van der Waals surface area contributed by atoms with E-state index in [9.17, 15) is 0 Å². The maximum atomic E-state index is 5.87. The molecule has 2 rings (SSSR count). The highest BCUT2D eigenvalue weighted by Gasteiger charge is 2.10. The standard InChI is InChI=1S/C12H10BrClN2O/c13-9-4-5-10(15)11(16)12(9)17-8-3-1-2-7(14)6-8/h1-6H,15-16H2. The number of nitrogen functional groups attached to an aromatic ring is 2. The highest BCUT2D eigenvalue weighted by Crippen LogP contribution is 2.38. The van der Waals surface area contributed by atoms with Crippen molar-refractivity contribution < 1.29 is 4.74 Å². The number of hydrogen-bond donors (Lipinski definition) is 2. The fraction of sp³-hybridized carbons (Fsp3) is 0. The second-order valence-electron chi connectivity index (χ2n) is 3.44. The number of benzene rings is 2. The molecule has 0 atom stereocenters. The number of halogens is 2. The highest BCUT2D eigenvalue weighted by molar-refractivity contribution is 9.10. The van der Waals surface area contributed by atoms with Crippen molar-refractivity contribution in [3.05, 3.63) is 45.9 Å². The lowest BCUT2D eigenvalue weighted by Gasteiger charge is -2.12. The fourth-order valence-electron chi connectivity index (χ4n) is 1.34. The van der Waals surface area contributed by atoms with E-state index < -0.39 is 0 Å². The molecule has 0 bridgehead atoms. The van der Waals surface area contributed by atoms with E-state index in [1.54, 1.807) is 36.4 Å². The summed E-state index contributed by atoms with van der Waals surface area (Å²) in [6, 6.07) is 10.6. The minimum absolute atomic E-state index is 0.402. The Bertz CT molecular complexity index is 560. The van der Waals surface area contributed by atoms with Crippen LogP contribution in [0.3, 0.4) is 0 Å². The van der Waals surface area contributed by atoms with Gasteiger partial charge in [0.15, 0.2) is 5.75 Å². The topological polar surface area (TPSA) is 61.3 Å². The van der Waals surface area contributed by atoms with Crippen LogP contribution in [0.5, 0.6) is 11.5 Å². The Morgan fingerprint density at radius 1 is 1.12 bits per heavy atom. The van der Waals surface area contributed by atoms with Gasteiger partial charge < -0.3 is 16.2 Å². The molecule has 2 aromatic rings. The first-order chi connectivity index (χ1) is 8.08. The van der Waals surface area contributed by atoms with Gasteiger partial charge in [-0.05, 0) is 46.3 Å². The van der Waals surface area contributed by atoms with Gasteiger partial charge in [-0.2, -0.15) is 0 Å². The van der Waals surface area contributed by atoms with Crippen LogP contribution in [0.25, 0.3) is 0 Å². The summed E-state index contributed by atoms with van der Waals surface area (Å²) in [6.45, 7) is 0. The van der Waals surface area contributed by atoms with E-state index in [0.717, 1.165) is 4.47 Å². The zero-order chi connectivity index (χ0) is 12.4. The summed E-state index contributed by atoms with van der Waals surface area (Å²) in [5.41, 5.74) is 12.5. The molecule has 0 aromatic heterocycles. The van der Waals surface area contributed by atoms with Gasteiger partial charge in [0.2, 0.25) is 0 Å². The first-order valence-electron chi connectivity index (χ1n) is 4.85. The van der Waals surface area contributed by atoms with Crippen molar-refractivity contribution >= 4 is 38.9 Å². The number of rotatable bonds is 2. The molecule has 17 heavy (non-hydrogen) atoms. The average Bonchev–Trinajstić information content (AvgIpc) is 2.30. The van der Waals surface area contributed by atoms with Gasteiger partial charge in [-0.15, -0.1) is 0 Å². The molecule has 0 amide bonds. The van der Waals surface area contributed by atoms with E-state index in [4.69, 9.17) is 27.8 Å². The Morgan fingerprint density at radius 3 is 2.59 bits per heavy atom. The Labute approximate surface area is 112 Å². The van der Waals surface area contributed by atoms with Crippen LogP contribution in [0.4, 0.5) is 11.4 Å². The van der Waals surface area contributed by atoms with Crippen LogP contribution in [0.1, 0.15) is 0 Å². The summed E-state index contributed by atoms with van der Waals surface area (Å²) in [5.74, 6) is 1.10. The van der Waals surface area contributed by atoms with E-state index in [1.807, 2.05) is 0 Å². The molecule has 0 fully saturated rings. The van der Waals surface area contributed by atoms with Gasteiger partial charge in [-0.1, -0.05) is 17.7 Å². The zero-order valence-corrected chi connectivity index (χ0v) is 11.1. The maximum Gasteiger partial charge on any atom is 0.166 e. The number of nitrogens with two attached hydrogens (primary N) is 2. The van der Waals surface area contributed by atoms with Crippen LogP contribution < -0.4 is 16.2 Å². The van der Waals surface area contributed by atoms with Gasteiger partial charge in [0.05, 0.1) is 15.8 Å². The minimum atomic E-state index is 0.402. The molecule has 0 saturated heterocycles. The van der Waals surface area contributed by atoms with E-state index in [2.05, 4.69) is 15.9 Å². The van der Waals surface area contributed by atoms with Gasteiger partial charge in [0, 0.05) is 5.02 Å². The van der Waals surface area contributed by atoms with Crippen molar-refractivity contribution in [1.29, 1.82) is 0 Å². The summed E-state index contributed by atoms with van der Waals surface area (Å²) in [6.07, 6.45) is 0.